The highest BCUT2D eigenvalue weighted by molar-refractivity contribution is 5.96. The smallest absolute Gasteiger partial charge is 0.170 e. The summed E-state index contributed by atoms with van der Waals surface area (Å²) in [5.74, 6) is -2.16. The molecule has 1 aromatic carbocycles. The minimum atomic E-state index is -0.832. The first-order valence-electron chi connectivity index (χ1n) is 5.16. The van der Waals surface area contributed by atoms with Gasteiger partial charge in [0.1, 0.15) is 11.6 Å². The lowest BCUT2D eigenvalue weighted by Gasteiger charge is -2.14. The summed E-state index contributed by atoms with van der Waals surface area (Å²) >= 11 is 0. The molecule has 16 heavy (non-hydrogen) atoms. The van der Waals surface area contributed by atoms with Gasteiger partial charge >= 0.3 is 0 Å². The van der Waals surface area contributed by atoms with Gasteiger partial charge in [-0.05, 0) is 18.1 Å². The molecule has 1 unspecified atom stereocenters. The Morgan fingerprint density at radius 3 is 2.25 bits per heavy atom. The number of carbonyl (C=O) groups is 1. The van der Waals surface area contributed by atoms with Crippen molar-refractivity contribution < 1.29 is 13.6 Å². The van der Waals surface area contributed by atoms with Gasteiger partial charge in [0.2, 0.25) is 0 Å². The third-order valence-electron chi connectivity index (χ3n) is 2.52. The quantitative estimate of drug-likeness (QED) is 0.803. The van der Waals surface area contributed by atoms with E-state index in [2.05, 4.69) is 0 Å². The topological polar surface area (TPSA) is 43.1 Å². The first kappa shape index (κ1) is 12.8. The largest absolute Gasteiger partial charge is 0.327 e. The summed E-state index contributed by atoms with van der Waals surface area (Å²) in [5, 5.41) is 0. The maximum atomic E-state index is 13.3. The number of rotatable bonds is 4. The fraction of sp³-hybridized carbons (Fsp3) is 0.417. The molecule has 0 saturated carbocycles. The van der Waals surface area contributed by atoms with Gasteiger partial charge in [0.25, 0.3) is 0 Å². The van der Waals surface area contributed by atoms with Gasteiger partial charge in [-0.1, -0.05) is 19.9 Å². The molecule has 0 fully saturated rings. The average Bonchev–Trinajstić information content (AvgIpc) is 2.16. The number of nitrogens with two attached hydrogens (primary N) is 1. The van der Waals surface area contributed by atoms with E-state index in [9.17, 15) is 13.6 Å². The lowest BCUT2D eigenvalue weighted by atomic mass is 9.96. The van der Waals surface area contributed by atoms with E-state index in [4.69, 9.17) is 5.73 Å². The van der Waals surface area contributed by atoms with E-state index < -0.39 is 23.0 Å². The van der Waals surface area contributed by atoms with Crippen LogP contribution >= 0.6 is 0 Å². The van der Waals surface area contributed by atoms with Gasteiger partial charge in [-0.25, -0.2) is 8.78 Å². The zero-order chi connectivity index (χ0) is 12.3. The van der Waals surface area contributed by atoms with E-state index in [1.165, 1.54) is 6.07 Å². The molecule has 4 heteroatoms. The number of hydrogen-bond donors (Lipinski definition) is 1. The molecule has 1 atom stereocenters. The van der Waals surface area contributed by atoms with E-state index in [1.807, 2.05) is 13.8 Å². The van der Waals surface area contributed by atoms with E-state index >= 15 is 0 Å². The van der Waals surface area contributed by atoms with E-state index in [0.717, 1.165) is 12.1 Å². The number of benzene rings is 1. The molecule has 0 aromatic heterocycles. The Labute approximate surface area is 93.5 Å². The van der Waals surface area contributed by atoms with Crippen LogP contribution in [-0.2, 0) is 0 Å². The number of ketones is 1. The summed E-state index contributed by atoms with van der Waals surface area (Å²) in [6, 6.07) is 2.98. The van der Waals surface area contributed by atoms with Crippen LogP contribution < -0.4 is 5.73 Å². The Hall–Kier alpha value is -1.29. The molecule has 0 aliphatic heterocycles. The van der Waals surface area contributed by atoms with Gasteiger partial charge < -0.3 is 5.73 Å². The highest BCUT2D eigenvalue weighted by Crippen LogP contribution is 2.16. The summed E-state index contributed by atoms with van der Waals surface area (Å²) in [7, 11) is 0. The molecule has 0 bridgehead atoms. The Morgan fingerprint density at radius 1 is 1.31 bits per heavy atom. The van der Waals surface area contributed by atoms with Crippen LogP contribution in [0.3, 0.4) is 0 Å². The molecular formula is C12H15F2NO. The van der Waals surface area contributed by atoms with Crippen molar-refractivity contribution >= 4 is 5.78 Å². The summed E-state index contributed by atoms with van der Waals surface area (Å²) < 4.78 is 26.5. The molecule has 0 radical (unpaired) electrons. The normalized spacial score (nSPS) is 12.9. The second-order valence-corrected chi connectivity index (χ2v) is 4.13. The van der Waals surface area contributed by atoms with Crippen molar-refractivity contribution in [3.8, 4) is 0 Å². The van der Waals surface area contributed by atoms with Crippen LogP contribution in [0.1, 0.15) is 30.6 Å². The fourth-order valence-corrected chi connectivity index (χ4v) is 1.32. The van der Waals surface area contributed by atoms with Crippen LogP contribution in [0.15, 0.2) is 18.2 Å². The Kier molecular flexibility index (Phi) is 4.12. The zero-order valence-electron chi connectivity index (χ0n) is 9.34. The van der Waals surface area contributed by atoms with Crippen LogP contribution in [-0.4, -0.2) is 11.8 Å². The van der Waals surface area contributed by atoms with Crippen LogP contribution in [0.5, 0.6) is 0 Å². The third kappa shape index (κ3) is 2.85. The van der Waals surface area contributed by atoms with Gasteiger partial charge in [0.05, 0.1) is 5.56 Å². The molecule has 0 saturated heterocycles. The molecule has 0 aliphatic carbocycles. The van der Waals surface area contributed by atoms with Crippen LogP contribution in [0.4, 0.5) is 8.78 Å². The summed E-state index contributed by atoms with van der Waals surface area (Å²) in [4.78, 5) is 11.6. The molecule has 2 nitrogen and oxygen atoms in total. The van der Waals surface area contributed by atoms with Gasteiger partial charge in [-0.3, -0.25) is 4.79 Å². The molecule has 2 N–H and O–H groups in total. The summed E-state index contributed by atoms with van der Waals surface area (Å²) in [6.07, 6.45) is -0.0461. The summed E-state index contributed by atoms with van der Waals surface area (Å²) in [6.45, 7) is 3.71. The van der Waals surface area contributed by atoms with Crippen LogP contribution in [0.25, 0.3) is 0 Å². The number of carbonyl (C=O) groups excluding carboxylic acids is 1. The van der Waals surface area contributed by atoms with E-state index in [-0.39, 0.29) is 18.4 Å². The average molecular weight is 227 g/mol. The van der Waals surface area contributed by atoms with Crippen molar-refractivity contribution in [3.63, 3.8) is 0 Å². The maximum Gasteiger partial charge on any atom is 0.170 e. The lowest BCUT2D eigenvalue weighted by molar-refractivity contribution is 0.0959. The zero-order valence-corrected chi connectivity index (χ0v) is 9.34. The van der Waals surface area contributed by atoms with E-state index in [1.54, 1.807) is 0 Å². The van der Waals surface area contributed by atoms with Gasteiger partial charge in [-0.2, -0.15) is 0 Å². The molecule has 0 amide bonds. The van der Waals surface area contributed by atoms with E-state index in [0.29, 0.717) is 0 Å². The number of hydrogen-bond acceptors (Lipinski definition) is 2. The molecule has 1 aromatic rings. The van der Waals surface area contributed by atoms with Crippen molar-refractivity contribution in [2.75, 3.05) is 0 Å². The first-order chi connectivity index (χ1) is 7.43. The molecule has 0 heterocycles. The third-order valence-corrected chi connectivity index (χ3v) is 2.52. The molecule has 0 aliphatic rings. The standard InChI is InChI=1S/C12H15F2NO/c1-7(2)10(15)6-11(16)12-8(13)4-3-5-9(12)14/h3-5,7,10H,6,15H2,1-2H3. The van der Waals surface area contributed by atoms with Crippen molar-refractivity contribution in [1.82, 2.24) is 0 Å². The number of Topliss-reactive ketones (excluding diaryl/α,β-unsaturated/α-hetero) is 1. The highest BCUT2D eigenvalue weighted by Gasteiger charge is 2.20. The molecule has 1 rings (SSSR count). The minimum absolute atomic E-state index is 0.0461. The second-order valence-electron chi connectivity index (χ2n) is 4.13. The Balaban J connectivity index is 2.89. The number of halogens is 2. The minimum Gasteiger partial charge on any atom is -0.327 e. The van der Waals surface area contributed by atoms with Crippen molar-refractivity contribution in [2.45, 2.75) is 26.3 Å². The molecular weight excluding hydrogens is 212 g/mol. The van der Waals surface area contributed by atoms with Crippen molar-refractivity contribution in [3.05, 3.63) is 35.4 Å². The van der Waals surface area contributed by atoms with Crippen molar-refractivity contribution in [1.29, 1.82) is 0 Å². The monoisotopic (exact) mass is 227 g/mol. The Bertz CT molecular complexity index is 370. The maximum absolute atomic E-state index is 13.3. The summed E-state index contributed by atoms with van der Waals surface area (Å²) in [5.41, 5.74) is 5.20. The van der Waals surface area contributed by atoms with Gasteiger partial charge in [0.15, 0.2) is 5.78 Å². The Morgan fingerprint density at radius 2 is 1.81 bits per heavy atom. The van der Waals surface area contributed by atoms with Crippen LogP contribution in [0.2, 0.25) is 0 Å². The van der Waals surface area contributed by atoms with Crippen molar-refractivity contribution in [2.24, 2.45) is 11.7 Å². The van der Waals surface area contributed by atoms with Crippen LogP contribution in [0, 0.1) is 17.6 Å². The molecule has 88 valence electrons. The van der Waals surface area contributed by atoms with Gasteiger partial charge in [0, 0.05) is 12.5 Å². The second kappa shape index (κ2) is 5.16. The predicted molar refractivity (Wildman–Crippen MR) is 58.1 cm³/mol. The SMILES string of the molecule is CC(C)C(N)CC(=O)c1c(F)cccc1F. The first-order valence-corrected chi connectivity index (χ1v) is 5.16. The lowest BCUT2D eigenvalue weighted by Crippen LogP contribution is -2.29. The highest BCUT2D eigenvalue weighted by atomic mass is 19.1. The molecule has 0 spiro atoms. The fourth-order valence-electron chi connectivity index (χ4n) is 1.32. The van der Waals surface area contributed by atoms with Gasteiger partial charge in [-0.15, -0.1) is 0 Å². The predicted octanol–water partition coefficient (Wildman–Crippen LogP) is 2.52.